The molecule has 1 fully saturated rings. The van der Waals surface area contributed by atoms with Crippen molar-refractivity contribution in [3.05, 3.63) is 89.8 Å². The number of aliphatic carboxylic acids is 1. The van der Waals surface area contributed by atoms with E-state index in [-0.39, 0.29) is 29.9 Å². The van der Waals surface area contributed by atoms with Crippen LogP contribution >= 0.6 is 0 Å². The first-order valence-corrected chi connectivity index (χ1v) is 17.0. The number of carboxylic acid groups (broad SMARTS) is 1. The summed E-state index contributed by atoms with van der Waals surface area (Å²) in [6, 6.07) is 9.70. The maximum absolute atomic E-state index is 13.4. The minimum Gasteiger partial charge on any atom is -0.479 e. The molecule has 0 unspecified atom stereocenters. The minimum absolute atomic E-state index is 0.0986. The van der Waals surface area contributed by atoms with Gasteiger partial charge in [-0.2, -0.15) is 0 Å². The molecule has 0 saturated carbocycles. The third kappa shape index (κ3) is 9.22. The molecule has 1 atom stereocenters. The zero-order chi connectivity index (χ0) is 35.1. The Kier molecular flexibility index (Phi) is 12.0. The van der Waals surface area contributed by atoms with Crippen LogP contribution in [0.2, 0.25) is 0 Å². The number of aromatic nitrogens is 2. The maximum Gasteiger partial charge on any atom is 0.337 e. The maximum atomic E-state index is 13.4. The molecule has 9 heteroatoms. The summed E-state index contributed by atoms with van der Waals surface area (Å²) >= 11 is 0. The average molecular weight is 657 g/mol. The van der Waals surface area contributed by atoms with Gasteiger partial charge in [-0.15, -0.1) is 13.2 Å². The molecule has 48 heavy (non-hydrogen) atoms. The second-order valence-electron chi connectivity index (χ2n) is 14.3. The molecule has 4 rings (SSSR count). The number of carbonyl (C=O) groups excluding carboxylic acids is 2. The highest BCUT2D eigenvalue weighted by Gasteiger charge is 2.36. The summed E-state index contributed by atoms with van der Waals surface area (Å²) < 4.78 is 7.96. The molecule has 3 aromatic rings. The third-order valence-corrected chi connectivity index (χ3v) is 9.19. The van der Waals surface area contributed by atoms with Crippen LogP contribution in [0.5, 0.6) is 0 Å². The number of carboxylic acids is 1. The van der Waals surface area contributed by atoms with Gasteiger partial charge in [-0.3, -0.25) is 14.0 Å². The molecule has 2 N–H and O–H groups in total. The predicted molar refractivity (Wildman–Crippen MR) is 191 cm³/mol. The lowest BCUT2D eigenvalue weighted by molar-refractivity contribution is -0.160. The number of fused-ring (bicyclic) bond motifs is 1. The molecule has 1 aromatic carbocycles. The van der Waals surface area contributed by atoms with Crippen LogP contribution in [0.3, 0.4) is 0 Å². The van der Waals surface area contributed by atoms with E-state index in [1.165, 1.54) is 0 Å². The Balaban J connectivity index is 1.62. The van der Waals surface area contributed by atoms with Crippen molar-refractivity contribution in [3.63, 3.8) is 0 Å². The highest BCUT2D eigenvalue weighted by atomic mass is 16.5. The van der Waals surface area contributed by atoms with E-state index >= 15 is 0 Å². The zero-order valence-corrected chi connectivity index (χ0v) is 29.3. The van der Waals surface area contributed by atoms with Crippen LogP contribution in [0.15, 0.2) is 61.8 Å². The number of carbonyl (C=O) groups is 3. The molecule has 0 radical (unpaired) electrons. The fourth-order valence-corrected chi connectivity index (χ4v) is 6.50. The third-order valence-electron chi connectivity index (χ3n) is 9.19. The fourth-order valence-electron chi connectivity index (χ4n) is 6.50. The number of rotatable bonds is 16. The lowest BCUT2D eigenvalue weighted by atomic mass is 9.76. The number of unbranched alkanes of at least 4 members (excludes halogenated alkanes) is 1. The monoisotopic (exact) mass is 656 g/mol. The second-order valence-corrected chi connectivity index (χ2v) is 14.3. The number of nitrogens with zero attached hydrogens (tertiary/aromatic N) is 3. The van der Waals surface area contributed by atoms with Crippen molar-refractivity contribution in [3.8, 4) is 0 Å². The summed E-state index contributed by atoms with van der Waals surface area (Å²) in [7, 11) is 0. The van der Waals surface area contributed by atoms with Crippen molar-refractivity contribution in [2.75, 3.05) is 24.5 Å². The van der Waals surface area contributed by atoms with Crippen LogP contribution in [-0.2, 0) is 27.2 Å². The summed E-state index contributed by atoms with van der Waals surface area (Å²) in [6.45, 7) is 18.6. The number of allylic oxidation sites excluding steroid dienone is 2. The van der Waals surface area contributed by atoms with E-state index in [2.05, 4.69) is 35.3 Å². The molecular formula is C39H52N4O5. The van der Waals surface area contributed by atoms with E-state index in [1.54, 1.807) is 12.3 Å². The molecule has 1 amide bonds. The van der Waals surface area contributed by atoms with Crippen LogP contribution in [0.1, 0.15) is 105 Å². The number of amides is 1. The van der Waals surface area contributed by atoms with Crippen molar-refractivity contribution in [1.29, 1.82) is 0 Å². The number of anilines is 1. The Hall–Kier alpha value is -4.24. The van der Waals surface area contributed by atoms with Crippen LogP contribution in [0.4, 0.5) is 5.82 Å². The van der Waals surface area contributed by atoms with Crippen LogP contribution in [-0.4, -0.2) is 57.4 Å². The Labute approximate surface area is 285 Å². The van der Waals surface area contributed by atoms with Crippen LogP contribution in [0, 0.1) is 12.3 Å². The van der Waals surface area contributed by atoms with Gasteiger partial charge in [-0.05, 0) is 101 Å². The van der Waals surface area contributed by atoms with Gasteiger partial charge >= 0.3 is 5.97 Å². The number of aryl methyl sites for hydroxylation is 2. The van der Waals surface area contributed by atoms with E-state index in [9.17, 15) is 19.5 Å². The van der Waals surface area contributed by atoms with Gasteiger partial charge in [0.1, 0.15) is 17.2 Å². The number of pyridine rings is 1. The predicted octanol–water partition coefficient (Wildman–Crippen LogP) is 7.21. The van der Waals surface area contributed by atoms with E-state index in [0.29, 0.717) is 35.7 Å². The molecule has 0 aliphatic carbocycles. The number of imidazole rings is 1. The van der Waals surface area contributed by atoms with E-state index < -0.39 is 23.6 Å². The number of benzene rings is 1. The number of hydrogen-bond donors (Lipinski definition) is 2. The molecule has 0 spiro atoms. The quantitative estimate of drug-likeness (QED) is 0.124. The van der Waals surface area contributed by atoms with Gasteiger partial charge in [0.2, 0.25) is 0 Å². The first-order chi connectivity index (χ1) is 22.7. The topological polar surface area (TPSA) is 113 Å². The Morgan fingerprint density at radius 3 is 2.40 bits per heavy atom. The van der Waals surface area contributed by atoms with Gasteiger partial charge in [0, 0.05) is 31.3 Å². The Bertz CT molecular complexity index is 1640. The first kappa shape index (κ1) is 36.6. The molecular weight excluding hydrogens is 604 g/mol. The van der Waals surface area contributed by atoms with Gasteiger partial charge in [0.15, 0.2) is 11.9 Å². The molecule has 0 bridgehead atoms. The van der Waals surface area contributed by atoms with Gasteiger partial charge in [-0.1, -0.05) is 43.3 Å². The van der Waals surface area contributed by atoms with Crippen LogP contribution < -0.4 is 10.2 Å². The van der Waals surface area contributed by atoms with Crippen molar-refractivity contribution in [1.82, 2.24) is 14.7 Å². The number of piperidine rings is 1. The molecule has 1 aliphatic rings. The number of ketones is 1. The van der Waals surface area contributed by atoms with E-state index in [0.717, 1.165) is 56.1 Å². The molecule has 1 aliphatic heterocycles. The van der Waals surface area contributed by atoms with Crippen molar-refractivity contribution in [2.45, 2.75) is 97.7 Å². The number of hydrogen-bond acceptors (Lipinski definition) is 6. The molecule has 9 nitrogen and oxygen atoms in total. The SMILES string of the molecule is C=CCCCc1ccccc1CC(=O)CNC(=O)c1cn2c(N3CCC(C)(CCC=C)CC3)c([C@H](OC(C)(C)C)C(=O)O)c(C)cc2n1. The molecule has 258 valence electrons. The summed E-state index contributed by atoms with van der Waals surface area (Å²) in [5.41, 5.74) is 3.48. The lowest BCUT2D eigenvalue weighted by Crippen LogP contribution is -2.41. The van der Waals surface area contributed by atoms with Crippen molar-refractivity contribution < 1.29 is 24.2 Å². The van der Waals surface area contributed by atoms with Crippen molar-refractivity contribution >= 4 is 29.1 Å². The smallest absolute Gasteiger partial charge is 0.337 e. The molecule has 3 heterocycles. The number of nitrogens with one attached hydrogen (secondary N) is 1. The van der Waals surface area contributed by atoms with Gasteiger partial charge in [-0.25, -0.2) is 9.78 Å². The van der Waals surface area contributed by atoms with Gasteiger partial charge < -0.3 is 20.1 Å². The zero-order valence-electron chi connectivity index (χ0n) is 29.3. The van der Waals surface area contributed by atoms with Gasteiger partial charge in [0.05, 0.1) is 12.1 Å². The fraction of sp³-hybridized carbons (Fsp3) is 0.487. The Morgan fingerprint density at radius 1 is 1.10 bits per heavy atom. The normalized spacial score (nSPS) is 15.2. The minimum atomic E-state index is -1.23. The largest absolute Gasteiger partial charge is 0.479 e. The van der Waals surface area contributed by atoms with E-state index in [4.69, 9.17) is 4.74 Å². The molecule has 1 saturated heterocycles. The standard InChI is InChI=1S/C39H52N4O5/c1-8-10-12-15-28-16-13-14-17-29(28)24-30(44)25-40-35(45)31-26-43-32(41-31)23-27(3)33(34(37(46)47)48-38(4,5)6)36(43)42-21-19-39(7,20-22-42)18-11-9-2/h8-9,13-14,16-17,23,26,34H,1-2,10-12,15,18-22,24-25H2,3-7H3,(H,40,45)(H,46,47)/t34-/m0/s1. The van der Waals surface area contributed by atoms with E-state index in [1.807, 2.05) is 68.5 Å². The summed E-state index contributed by atoms with van der Waals surface area (Å²) in [4.78, 5) is 45.9. The Morgan fingerprint density at radius 2 is 1.77 bits per heavy atom. The summed E-state index contributed by atoms with van der Waals surface area (Å²) in [5, 5.41) is 13.2. The van der Waals surface area contributed by atoms with Crippen LogP contribution in [0.25, 0.3) is 5.65 Å². The first-order valence-electron chi connectivity index (χ1n) is 17.0. The number of ether oxygens (including phenoxy) is 1. The van der Waals surface area contributed by atoms with Gasteiger partial charge in [0.25, 0.3) is 5.91 Å². The summed E-state index contributed by atoms with van der Waals surface area (Å²) in [6.07, 6.45) is 11.1. The highest BCUT2D eigenvalue weighted by Crippen LogP contribution is 2.41. The second kappa shape index (κ2) is 15.8. The lowest BCUT2D eigenvalue weighted by Gasteiger charge is -2.42. The van der Waals surface area contributed by atoms with Crippen molar-refractivity contribution in [2.24, 2.45) is 5.41 Å². The molecule has 2 aromatic heterocycles. The number of Topliss-reactive ketones (excluding diaryl/α,β-unsaturated/α-hetero) is 1. The highest BCUT2D eigenvalue weighted by molar-refractivity contribution is 5.96. The summed E-state index contributed by atoms with van der Waals surface area (Å²) in [5.74, 6) is -0.977. The average Bonchev–Trinajstić information content (AvgIpc) is 3.46.